The third kappa shape index (κ3) is 4.29. The van der Waals surface area contributed by atoms with E-state index in [9.17, 15) is 18.3 Å². The normalized spacial score (nSPS) is 17.1. The van der Waals surface area contributed by atoms with Crippen molar-refractivity contribution in [3.63, 3.8) is 0 Å². The Morgan fingerprint density at radius 2 is 2.03 bits per heavy atom. The molecule has 35 heavy (non-hydrogen) atoms. The number of aliphatic hydroxyl groups is 1. The first-order valence-electron chi connectivity index (χ1n) is 11.5. The lowest BCUT2D eigenvalue weighted by atomic mass is 9.98. The fraction of sp³-hybridized carbons (Fsp3) is 0.478. The van der Waals surface area contributed by atoms with E-state index in [4.69, 9.17) is 0 Å². The van der Waals surface area contributed by atoms with Crippen LogP contribution < -0.4 is 4.90 Å². The second-order valence-electron chi connectivity index (χ2n) is 9.13. The minimum atomic E-state index is -4.63. The van der Waals surface area contributed by atoms with E-state index in [1.54, 1.807) is 41.0 Å². The van der Waals surface area contributed by atoms with Gasteiger partial charge in [0.05, 0.1) is 15.8 Å². The third-order valence-electron chi connectivity index (χ3n) is 6.28. The van der Waals surface area contributed by atoms with E-state index in [1.165, 1.54) is 0 Å². The highest BCUT2D eigenvalue weighted by atomic mass is 32.1. The molecule has 0 spiro atoms. The maximum atomic E-state index is 14.6. The zero-order chi connectivity index (χ0) is 24.9. The molecule has 1 atom stereocenters. The van der Waals surface area contributed by atoms with Crippen LogP contribution in [0.4, 0.5) is 19.0 Å². The first kappa shape index (κ1) is 23.7. The molecule has 0 amide bonds. The molecular weight excluding hydrogens is 479 g/mol. The molecule has 1 aliphatic rings. The Morgan fingerprint density at radius 1 is 1.23 bits per heavy atom. The van der Waals surface area contributed by atoms with Gasteiger partial charge in [-0.15, -0.1) is 11.3 Å². The molecule has 0 radical (unpaired) electrons. The van der Waals surface area contributed by atoms with E-state index in [1.807, 2.05) is 18.7 Å². The first-order chi connectivity index (χ1) is 16.7. The molecule has 1 fully saturated rings. The molecule has 0 bridgehead atoms. The van der Waals surface area contributed by atoms with Crippen LogP contribution in [0.2, 0.25) is 0 Å². The van der Waals surface area contributed by atoms with Crippen LogP contribution in [0.1, 0.15) is 38.3 Å². The Balaban J connectivity index is 1.79. The molecule has 12 heteroatoms. The molecule has 4 aromatic rings. The molecule has 8 nitrogen and oxygen atoms in total. The highest BCUT2D eigenvalue weighted by molar-refractivity contribution is 7.22. The number of nitrogens with zero attached hydrogens (tertiary/aromatic N) is 7. The van der Waals surface area contributed by atoms with Crippen molar-refractivity contribution in [2.24, 2.45) is 13.0 Å². The molecule has 1 N–H and O–H groups in total. The average molecular weight is 506 g/mol. The zero-order valence-corrected chi connectivity index (χ0v) is 20.4. The maximum absolute atomic E-state index is 14.6. The Kier molecular flexibility index (Phi) is 6.04. The van der Waals surface area contributed by atoms with Crippen LogP contribution >= 0.6 is 11.3 Å². The lowest BCUT2D eigenvalue weighted by Gasteiger charge is -2.33. The minimum Gasteiger partial charge on any atom is -0.396 e. The van der Waals surface area contributed by atoms with Crippen molar-refractivity contribution in [3.8, 4) is 22.2 Å². The van der Waals surface area contributed by atoms with Gasteiger partial charge in [-0.3, -0.25) is 4.68 Å². The number of thiophene rings is 1. The first-order valence-corrected chi connectivity index (χ1v) is 12.3. The molecule has 1 unspecified atom stereocenters. The van der Waals surface area contributed by atoms with Gasteiger partial charge in [-0.1, -0.05) is 0 Å². The molecule has 5 rings (SSSR count). The van der Waals surface area contributed by atoms with Crippen LogP contribution in [-0.4, -0.2) is 54.1 Å². The number of anilines is 1. The van der Waals surface area contributed by atoms with Gasteiger partial charge < -0.3 is 14.6 Å². The van der Waals surface area contributed by atoms with Crippen LogP contribution in [-0.2, 0) is 13.2 Å². The van der Waals surface area contributed by atoms with E-state index in [2.05, 4.69) is 20.1 Å². The standard InChI is InChI=1S/C23H26F3N7OS/c1-13(2)33-9-6-15(30-33)18-17(23(24,25)26)16-20(32-8-4-5-14(11-32)12-34)28-19(29-22(16)35-18)21-27-7-10-31(21)3/h6-7,9-10,13-14,34H,4-5,8,11-12H2,1-3H3. The number of aromatic nitrogens is 6. The molecule has 1 saturated heterocycles. The predicted molar refractivity (Wildman–Crippen MR) is 128 cm³/mol. The summed E-state index contributed by atoms with van der Waals surface area (Å²) < 4.78 is 47.3. The lowest BCUT2D eigenvalue weighted by molar-refractivity contribution is -0.135. The monoisotopic (exact) mass is 505 g/mol. The highest BCUT2D eigenvalue weighted by Crippen LogP contribution is 2.49. The number of fused-ring (bicyclic) bond motifs is 1. The van der Waals surface area contributed by atoms with E-state index < -0.39 is 11.7 Å². The summed E-state index contributed by atoms with van der Waals surface area (Å²) in [6.07, 6.45) is 1.97. The number of hydrogen-bond donors (Lipinski definition) is 1. The van der Waals surface area contributed by atoms with Gasteiger partial charge in [0.2, 0.25) is 0 Å². The molecule has 4 aromatic heterocycles. The van der Waals surface area contributed by atoms with Gasteiger partial charge in [0.1, 0.15) is 16.3 Å². The van der Waals surface area contributed by atoms with Crippen LogP contribution in [0.15, 0.2) is 24.7 Å². The minimum absolute atomic E-state index is 0.0154. The fourth-order valence-electron chi connectivity index (χ4n) is 4.50. The van der Waals surface area contributed by atoms with Gasteiger partial charge >= 0.3 is 6.18 Å². The number of hydrogen-bond acceptors (Lipinski definition) is 7. The lowest BCUT2D eigenvalue weighted by Crippen LogP contribution is -2.37. The van der Waals surface area contributed by atoms with Gasteiger partial charge in [0, 0.05) is 51.4 Å². The van der Waals surface area contributed by atoms with Crippen LogP contribution in [0.5, 0.6) is 0 Å². The van der Waals surface area contributed by atoms with Crippen molar-refractivity contribution in [1.82, 2.24) is 29.3 Å². The largest absolute Gasteiger partial charge is 0.418 e. The SMILES string of the molecule is CC(C)n1ccc(-c2sc3nc(-c4nccn4C)nc(N4CCCC(CO)C4)c3c2C(F)(F)F)n1. The Morgan fingerprint density at radius 3 is 2.66 bits per heavy atom. The van der Waals surface area contributed by atoms with E-state index in [0.29, 0.717) is 18.9 Å². The van der Waals surface area contributed by atoms with Crippen molar-refractivity contribution in [1.29, 1.82) is 0 Å². The fourth-order valence-corrected chi connectivity index (χ4v) is 5.65. The third-order valence-corrected chi connectivity index (χ3v) is 7.39. The Hall–Kier alpha value is -2.99. The van der Waals surface area contributed by atoms with E-state index in [-0.39, 0.29) is 51.0 Å². The summed E-state index contributed by atoms with van der Waals surface area (Å²) in [7, 11) is 1.79. The maximum Gasteiger partial charge on any atom is 0.418 e. The molecule has 0 aromatic carbocycles. The van der Waals surface area contributed by atoms with Gasteiger partial charge in [-0.05, 0) is 38.7 Å². The molecular formula is C23H26F3N7OS. The summed E-state index contributed by atoms with van der Waals surface area (Å²) in [5.41, 5.74) is -0.510. The highest BCUT2D eigenvalue weighted by Gasteiger charge is 2.41. The predicted octanol–water partition coefficient (Wildman–Crippen LogP) is 4.76. The number of alkyl halides is 3. The van der Waals surface area contributed by atoms with Crippen LogP contribution in [0, 0.1) is 5.92 Å². The zero-order valence-electron chi connectivity index (χ0n) is 19.6. The van der Waals surface area contributed by atoms with Crippen LogP contribution in [0.25, 0.3) is 32.4 Å². The molecule has 0 aliphatic carbocycles. The summed E-state index contributed by atoms with van der Waals surface area (Å²) in [6, 6.07) is 1.62. The number of rotatable bonds is 5. The molecule has 1 aliphatic heterocycles. The molecule has 5 heterocycles. The average Bonchev–Trinajstić information content (AvgIpc) is 3.55. The van der Waals surface area contributed by atoms with Gasteiger partial charge in [0.25, 0.3) is 0 Å². The van der Waals surface area contributed by atoms with E-state index in [0.717, 1.165) is 24.2 Å². The Bertz CT molecular complexity index is 1360. The summed E-state index contributed by atoms with van der Waals surface area (Å²) in [6.45, 7) is 4.79. The van der Waals surface area contributed by atoms with Crippen molar-refractivity contribution >= 4 is 27.4 Å². The number of aliphatic hydroxyl groups excluding tert-OH is 1. The van der Waals surface area contributed by atoms with Gasteiger partial charge in [-0.2, -0.15) is 18.3 Å². The molecule has 0 saturated carbocycles. The number of imidazole rings is 1. The summed E-state index contributed by atoms with van der Waals surface area (Å²) in [4.78, 5) is 15.6. The number of halogens is 3. The number of aryl methyl sites for hydroxylation is 1. The second kappa shape index (κ2) is 8.90. The van der Waals surface area contributed by atoms with Crippen molar-refractivity contribution in [2.45, 2.75) is 38.9 Å². The van der Waals surface area contributed by atoms with Crippen molar-refractivity contribution < 1.29 is 18.3 Å². The summed E-state index contributed by atoms with van der Waals surface area (Å²) >= 11 is 0.971. The Labute approximate surface area is 204 Å². The second-order valence-corrected chi connectivity index (χ2v) is 10.1. The van der Waals surface area contributed by atoms with Gasteiger partial charge in [-0.25, -0.2) is 15.0 Å². The summed E-state index contributed by atoms with van der Waals surface area (Å²) in [5.74, 6) is 0.931. The van der Waals surface area contributed by atoms with E-state index >= 15 is 0 Å². The van der Waals surface area contributed by atoms with Crippen molar-refractivity contribution in [3.05, 3.63) is 30.2 Å². The van der Waals surface area contributed by atoms with Crippen molar-refractivity contribution in [2.75, 3.05) is 24.6 Å². The van der Waals surface area contributed by atoms with Gasteiger partial charge in [0.15, 0.2) is 11.6 Å². The molecule has 186 valence electrons. The smallest absolute Gasteiger partial charge is 0.396 e. The quantitative estimate of drug-likeness (QED) is 0.421. The summed E-state index contributed by atoms with van der Waals surface area (Å²) in [5, 5.41) is 14.1. The number of piperidine rings is 1. The topological polar surface area (TPSA) is 84.9 Å². The van der Waals surface area contributed by atoms with Crippen LogP contribution in [0.3, 0.4) is 0 Å².